The van der Waals surface area contributed by atoms with Crippen LogP contribution in [-0.2, 0) is 17.1 Å². The van der Waals surface area contributed by atoms with Crippen molar-refractivity contribution in [2.24, 2.45) is 0 Å². The molecule has 0 saturated heterocycles. The zero-order valence-electron chi connectivity index (χ0n) is 3.03. The fourth-order valence-electron chi connectivity index (χ4n) is 0. The Bertz CT molecular complexity index is 33.8. The first-order valence-electron chi connectivity index (χ1n) is 0.612. The van der Waals surface area contributed by atoms with E-state index in [9.17, 15) is 0 Å². The zero-order valence-corrected chi connectivity index (χ0v) is 7.09. The molecule has 5 heteroatoms. The number of rotatable bonds is 0. The Kier molecular flexibility index (Phi) is 25.2. The minimum Gasteiger partial charge on any atom is -0.652 e. The first-order valence-corrected chi connectivity index (χ1v) is 0.612. The third-order valence-corrected chi connectivity index (χ3v) is 0. The van der Waals surface area contributed by atoms with Gasteiger partial charge in [0.25, 0.3) is 0 Å². The van der Waals surface area contributed by atoms with Gasteiger partial charge in [0.05, 0.1) is 0 Å². The van der Waals surface area contributed by atoms with Gasteiger partial charge in [-0.2, -0.15) is 0 Å². The van der Waals surface area contributed by atoms with Crippen LogP contribution in [0.25, 0.3) is 0 Å². The van der Waals surface area contributed by atoms with Crippen LogP contribution in [0.2, 0.25) is 0 Å². The Morgan fingerprint density at radius 2 is 1.33 bits per heavy atom. The van der Waals surface area contributed by atoms with Crippen molar-refractivity contribution in [3.63, 3.8) is 0 Å². The Morgan fingerprint density at radius 3 is 1.33 bits per heavy atom. The summed E-state index contributed by atoms with van der Waals surface area (Å²) in [7, 11) is 0. The summed E-state index contributed by atoms with van der Waals surface area (Å²) in [6.45, 7) is 0. The predicted molar refractivity (Wildman–Crippen MR) is 5.40 cm³/mol. The van der Waals surface area contributed by atoms with Crippen LogP contribution in [0.3, 0.4) is 0 Å². The van der Waals surface area contributed by atoms with Gasteiger partial charge in [0.2, 0.25) is 0 Å². The molecule has 0 aliphatic rings. The van der Waals surface area contributed by atoms with Gasteiger partial charge in [-0.3, -0.25) is 0 Å². The molecule has 0 aromatic carbocycles. The Hall–Kier alpha value is 1.43. The second kappa shape index (κ2) is 9.66. The normalized spacial score (nSPS) is 4.00. The summed E-state index contributed by atoms with van der Waals surface area (Å²) >= 11 is 0. The number of carbonyl (C=O) groups is 1. The smallest absolute Gasteiger partial charge is 0.652 e. The van der Waals surface area contributed by atoms with E-state index in [0.29, 0.717) is 0 Å². The van der Waals surface area contributed by atoms with Crippen molar-refractivity contribution >= 4 is 6.16 Å². The van der Waals surface area contributed by atoms with Crippen LogP contribution in [0.4, 0.5) is 4.79 Å². The SMILES string of the molecule is O=C([O-])[O-].[Cu+].[K+]. The largest absolute Gasteiger partial charge is 1.00 e. The Labute approximate surface area is 88.0 Å². The molecule has 0 spiro atoms. The molecule has 0 fully saturated rings. The van der Waals surface area contributed by atoms with E-state index in [-0.39, 0.29) is 68.5 Å². The first kappa shape index (κ1) is 15.7. The fraction of sp³-hybridized carbons (Fsp3) is 0. The van der Waals surface area contributed by atoms with Crippen molar-refractivity contribution in [3.8, 4) is 0 Å². The Balaban J connectivity index is -0.0000000450. The van der Waals surface area contributed by atoms with E-state index in [0.717, 1.165) is 0 Å². The summed E-state index contributed by atoms with van der Waals surface area (Å²) in [5, 5.41) is 16.7. The topological polar surface area (TPSA) is 63.2 Å². The Morgan fingerprint density at radius 1 is 1.33 bits per heavy atom. The van der Waals surface area contributed by atoms with Gasteiger partial charge in [0.1, 0.15) is 0 Å². The molecule has 0 bridgehead atoms. The van der Waals surface area contributed by atoms with E-state index in [1.165, 1.54) is 0 Å². The first-order chi connectivity index (χ1) is 1.73. The zero-order chi connectivity index (χ0) is 3.58. The summed E-state index contributed by atoms with van der Waals surface area (Å²) in [5.74, 6) is 0. The maximum absolute atomic E-state index is 8.33. The fourth-order valence-corrected chi connectivity index (χ4v) is 0. The average Bonchev–Trinajstić information content (AvgIpc) is 0.811. The molecule has 0 radical (unpaired) electrons. The third kappa shape index (κ3) is 52.3. The van der Waals surface area contributed by atoms with E-state index in [1.54, 1.807) is 0 Å². The van der Waals surface area contributed by atoms with E-state index in [1.807, 2.05) is 0 Å². The summed E-state index contributed by atoms with van der Waals surface area (Å²) in [4.78, 5) is 8.33. The van der Waals surface area contributed by atoms with Gasteiger partial charge in [-0.1, -0.05) is 0 Å². The number of hydrogen-bond donors (Lipinski definition) is 0. The van der Waals surface area contributed by atoms with E-state index in [2.05, 4.69) is 0 Å². The standard InChI is InChI=1S/CH2O3.Cu.K/c2-1(3)4;;/h(H2,2,3,4);;/q;2*+1/p-2. The van der Waals surface area contributed by atoms with Crippen LogP contribution in [0.5, 0.6) is 0 Å². The predicted octanol–water partition coefficient (Wildman–Crippen LogP) is -5.45. The molecular weight excluding hydrogens is 163 g/mol. The van der Waals surface area contributed by atoms with E-state index >= 15 is 0 Å². The minimum atomic E-state index is -2.33. The van der Waals surface area contributed by atoms with Gasteiger partial charge in [0.15, 0.2) is 0 Å². The summed E-state index contributed by atoms with van der Waals surface area (Å²) in [5.41, 5.74) is 0. The molecular formula is CCuKO3. The molecule has 0 unspecified atom stereocenters. The van der Waals surface area contributed by atoms with Crippen LogP contribution in [0.15, 0.2) is 0 Å². The van der Waals surface area contributed by atoms with Crippen molar-refractivity contribution in [2.45, 2.75) is 0 Å². The van der Waals surface area contributed by atoms with Crippen molar-refractivity contribution < 1.29 is 83.5 Å². The third-order valence-electron chi connectivity index (χ3n) is 0. The second-order valence-electron chi connectivity index (χ2n) is 0.250. The van der Waals surface area contributed by atoms with Gasteiger partial charge >= 0.3 is 68.5 Å². The molecule has 6 heavy (non-hydrogen) atoms. The van der Waals surface area contributed by atoms with Crippen LogP contribution in [0.1, 0.15) is 0 Å². The van der Waals surface area contributed by atoms with Gasteiger partial charge in [-0.25, -0.2) is 0 Å². The van der Waals surface area contributed by atoms with Crippen LogP contribution in [-0.4, -0.2) is 6.16 Å². The molecule has 34 valence electrons. The molecule has 0 aromatic rings. The van der Waals surface area contributed by atoms with Crippen molar-refractivity contribution in [1.29, 1.82) is 0 Å². The van der Waals surface area contributed by atoms with Gasteiger partial charge in [-0.05, 0) is 6.16 Å². The summed E-state index contributed by atoms with van der Waals surface area (Å²) in [6, 6.07) is 0. The van der Waals surface area contributed by atoms with Crippen LogP contribution in [0, 0.1) is 0 Å². The quantitative estimate of drug-likeness (QED) is 0.334. The molecule has 0 aliphatic heterocycles. The summed E-state index contributed by atoms with van der Waals surface area (Å²) in [6.07, 6.45) is -2.33. The summed E-state index contributed by atoms with van der Waals surface area (Å²) < 4.78 is 0. The molecule has 0 heterocycles. The molecule has 0 N–H and O–H groups in total. The molecule has 0 aliphatic carbocycles. The number of hydrogen-bond acceptors (Lipinski definition) is 3. The molecule has 0 aromatic heterocycles. The molecule has 0 rings (SSSR count). The number of carbonyl (C=O) groups excluding carboxylic acids is 1. The van der Waals surface area contributed by atoms with Crippen molar-refractivity contribution in [3.05, 3.63) is 0 Å². The molecule has 0 saturated carbocycles. The molecule has 3 nitrogen and oxygen atoms in total. The van der Waals surface area contributed by atoms with Crippen LogP contribution >= 0.6 is 0 Å². The molecule has 0 atom stereocenters. The van der Waals surface area contributed by atoms with Crippen LogP contribution < -0.4 is 61.6 Å². The monoisotopic (exact) mass is 162 g/mol. The number of carboxylic acid groups (broad SMARTS) is 2. The van der Waals surface area contributed by atoms with Crippen molar-refractivity contribution in [2.75, 3.05) is 0 Å². The second-order valence-corrected chi connectivity index (χ2v) is 0.250. The van der Waals surface area contributed by atoms with E-state index < -0.39 is 6.16 Å². The maximum Gasteiger partial charge on any atom is 1.00 e. The maximum atomic E-state index is 8.33. The molecule has 0 amide bonds. The van der Waals surface area contributed by atoms with Crippen molar-refractivity contribution in [1.82, 2.24) is 0 Å². The average molecular weight is 163 g/mol. The van der Waals surface area contributed by atoms with Gasteiger partial charge < -0.3 is 15.0 Å². The van der Waals surface area contributed by atoms with Gasteiger partial charge in [-0.15, -0.1) is 0 Å². The van der Waals surface area contributed by atoms with E-state index in [4.69, 9.17) is 15.0 Å². The van der Waals surface area contributed by atoms with Gasteiger partial charge in [0, 0.05) is 0 Å². The minimum absolute atomic E-state index is 0.